The molecule has 1 amide bonds. The van der Waals surface area contributed by atoms with E-state index in [2.05, 4.69) is 5.32 Å². The summed E-state index contributed by atoms with van der Waals surface area (Å²) in [5, 5.41) is 12.2. The molecular formula is C13H11Cl2NO3. The predicted octanol–water partition coefficient (Wildman–Crippen LogP) is 4.16. The summed E-state index contributed by atoms with van der Waals surface area (Å²) in [5.41, 5.74) is 0.842. The van der Waals surface area contributed by atoms with Gasteiger partial charge >= 0.3 is 0 Å². The summed E-state index contributed by atoms with van der Waals surface area (Å²) in [6, 6.07) is 4.49. The van der Waals surface area contributed by atoms with Crippen LogP contribution in [0, 0.1) is 13.8 Å². The molecule has 0 saturated heterocycles. The summed E-state index contributed by atoms with van der Waals surface area (Å²) in [4.78, 5) is 12.0. The van der Waals surface area contributed by atoms with Crippen LogP contribution in [0.4, 0.5) is 5.69 Å². The van der Waals surface area contributed by atoms with Crippen molar-refractivity contribution in [3.05, 3.63) is 45.3 Å². The van der Waals surface area contributed by atoms with E-state index in [1.54, 1.807) is 19.9 Å². The van der Waals surface area contributed by atoms with Crippen molar-refractivity contribution in [3.63, 3.8) is 0 Å². The summed E-state index contributed by atoms with van der Waals surface area (Å²) in [6.45, 7) is 3.47. The summed E-state index contributed by atoms with van der Waals surface area (Å²) in [6.07, 6.45) is 0. The van der Waals surface area contributed by atoms with Gasteiger partial charge in [-0.3, -0.25) is 4.79 Å². The Bertz CT molecular complexity index is 626. The number of hydrogen-bond acceptors (Lipinski definition) is 3. The lowest BCUT2D eigenvalue weighted by Gasteiger charge is -2.07. The Balaban J connectivity index is 2.27. The Morgan fingerprint density at radius 1 is 1.21 bits per heavy atom. The van der Waals surface area contributed by atoms with Gasteiger partial charge in [0.25, 0.3) is 5.91 Å². The zero-order chi connectivity index (χ0) is 14.2. The molecule has 2 rings (SSSR count). The molecule has 2 aromatic rings. The highest BCUT2D eigenvalue weighted by atomic mass is 35.5. The Labute approximate surface area is 119 Å². The summed E-state index contributed by atoms with van der Waals surface area (Å²) >= 11 is 11.6. The zero-order valence-electron chi connectivity index (χ0n) is 10.3. The number of carbonyl (C=O) groups excluding carboxylic acids is 1. The molecule has 100 valence electrons. The molecule has 0 aliphatic carbocycles. The van der Waals surface area contributed by atoms with Gasteiger partial charge in [-0.1, -0.05) is 23.2 Å². The van der Waals surface area contributed by atoms with Crippen molar-refractivity contribution in [1.29, 1.82) is 0 Å². The first-order chi connectivity index (χ1) is 8.88. The zero-order valence-corrected chi connectivity index (χ0v) is 11.8. The van der Waals surface area contributed by atoms with E-state index in [4.69, 9.17) is 27.6 Å². The number of rotatable bonds is 2. The predicted molar refractivity (Wildman–Crippen MR) is 74.3 cm³/mol. The van der Waals surface area contributed by atoms with Crippen LogP contribution in [0.3, 0.4) is 0 Å². The number of aryl methyl sites for hydroxylation is 2. The summed E-state index contributed by atoms with van der Waals surface area (Å²) < 4.78 is 5.29. The molecule has 0 spiro atoms. The third-order valence-electron chi connectivity index (χ3n) is 2.56. The number of benzene rings is 1. The lowest BCUT2D eigenvalue weighted by molar-refractivity contribution is 0.102. The molecule has 0 bridgehead atoms. The van der Waals surface area contributed by atoms with Crippen molar-refractivity contribution in [3.8, 4) is 5.75 Å². The van der Waals surface area contributed by atoms with Crippen molar-refractivity contribution >= 4 is 34.8 Å². The summed E-state index contributed by atoms with van der Waals surface area (Å²) in [5.74, 6) is 0.652. The number of anilines is 1. The van der Waals surface area contributed by atoms with E-state index >= 15 is 0 Å². The quantitative estimate of drug-likeness (QED) is 0.818. The summed E-state index contributed by atoms with van der Waals surface area (Å²) in [7, 11) is 0. The monoisotopic (exact) mass is 299 g/mol. The number of phenols is 1. The highest BCUT2D eigenvalue weighted by Crippen LogP contribution is 2.34. The molecule has 4 nitrogen and oxygen atoms in total. The minimum Gasteiger partial charge on any atom is -0.505 e. The molecule has 0 radical (unpaired) electrons. The fourth-order valence-electron chi connectivity index (χ4n) is 1.69. The second-order valence-corrected chi connectivity index (χ2v) is 4.88. The number of hydrogen-bond donors (Lipinski definition) is 2. The minimum atomic E-state index is -0.327. The second kappa shape index (κ2) is 5.15. The van der Waals surface area contributed by atoms with E-state index < -0.39 is 0 Å². The second-order valence-electron chi connectivity index (χ2n) is 4.07. The van der Waals surface area contributed by atoms with Gasteiger partial charge in [0.05, 0.1) is 15.6 Å². The van der Waals surface area contributed by atoms with Crippen LogP contribution >= 0.6 is 23.2 Å². The van der Waals surface area contributed by atoms with Gasteiger partial charge < -0.3 is 14.8 Å². The van der Waals surface area contributed by atoms with Gasteiger partial charge in [-0.2, -0.15) is 0 Å². The molecular weight excluding hydrogens is 289 g/mol. The number of aromatic hydroxyl groups is 1. The highest BCUT2D eigenvalue weighted by Gasteiger charge is 2.15. The number of halogens is 2. The molecule has 1 aromatic carbocycles. The van der Waals surface area contributed by atoms with Gasteiger partial charge in [-0.25, -0.2) is 0 Å². The first-order valence-corrected chi connectivity index (χ1v) is 6.20. The molecule has 0 saturated carbocycles. The maximum atomic E-state index is 12.0. The standard InChI is InChI=1S/C13H11Cl2NO3/c1-6-3-9(7(2)19-6)13(18)16-8-4-10(14)12(17)11(15)5-8/h3-5,17H,1-2H3,(H,16,18). The van der Waals surface area contributed by atoms with Crippen LogP contribution in [-0.4, -0.2) is 11.0 Å². The number of furan rings is 1. The van der Waals surface area contributed by atoms with E-state index in [1.807, 2.05) is 0 Å². The number of carbonyl (C=O) groups is 1. The molecule has 0 aliphatic heterocycles. The number of nitrogens with one attached hydrogen (secondary N) is 1. The fourth-order valence-corrected chi connectivity index (χ4v) is 2.18. The maximum absolute atomic E-state index is 12.0. The largest absolute Gasteiger partial charge is 0.505 e. The SMILES string of the molecule is Cc1cc(C(=O)Nc2cc(Cl)c(O)c(Cl)c2)c(C)o1. The molecule has 0 aliphatic rings. The Morgan fingerprint density at radius 2 is 1.79 bits per heavy atom. The van der Waals surface area contributed by atoms with Crippen LogP contribution in [-0.2, 0) is 0 Å². The van der Waals surface area contributed by atoms with Gasteiger partial charge in [0, 0.05) is 5.69 Å². The van der Waals surface area contributed by atoms with E-state index in [1.165, 1.54) is 12.1 Å². The van der Waals surface area contributed by atoms with E-state index in [-0.39, 0.29) is 21.7 Å². The normalized spacial score (nSPS) is 10.5. The Kier molecular flexibility index (Phi) is 3.73. The first kappa shape index (κ1) is 13.8. The first-order valence-electron chi connectivity index (χ1n) is 5.45. The molecule has 1 aromatic heterocycles. The van der Waals surface area contributed by atoms with Crippen molar-refractivity contribution in [2.24, 2.45) is 0 Å². The molecule has 0 unspecified atom stereocenters. The average Bonchev–Trinajstić information content (AvgIpc) is 2.65. The number of amides is 1. The maximum Gasteiger partial charge on any atom is 0.259 e. The van der Waals surface area contributed by atoms with Crippen LogP contribution in [0.15, 0.2) is 22.6 Å². The van der Waals surface area contributed by atoms with Gasteiger partial charge in [-0.15, -0.1) is 0 Å². The van der Waals surface area contributed by atoms with Gasteiger partial charge in [-0.05, 0) is 32.0 Å². The Hall–Kier alpha value is -1.65. The number of phenolic OH excluding ortho intramolecular Hbond substituents is 1. The van der Waals surface area contributed by atoms with Crippen molar-refractivity contribution in [2.45, 2.75) is 13.8 Å². The van der Waals surface area contributed by atoms with Crippen LogP contribution in [0.1, 0.15) is 21.9 Å². The van der Waals surface area contributed by atoms with Gasteiger partial charge in [0.15, 0.2) is 5.75 Å². The molecule has 1 heterocycles. The molecule has 2 N–H and O–H groups in total. The van der Waals surface area contributed by atoms with Crippen molar-refractivity contribution in [2.75, 3.05) is 5.32 Å². The molecule has 0 atom stereocenters. The van der Waals surface area contributed by atoms with E-state index in [9.17, 15) is 9.90 Å². The lowest BCUT2D eigenvalue weighted by atomic mass is 10.2. The molecule has 19 heavy (non-hydrogen) atoms. The minimum absolute atomic E-state index is 0.0721. The van der Waals surface area contributed by atoms with E-state index in [0.717, 1.165) is 0 Å². The van der Waals surface area contributed by atoms with Crippen molar-refractivity contribution < 1.29 is 14.3 Å². The van der Waals surface area contributed by atoms with Crippen LogP contribution in [0.25, 0.3) is 0 Å². The van der Waals surface area contributed by atoms with E-state index in [0.29, 0.717) is 22.8 Å². The lowest BCUT2D eigenvalue weighted by Crippen LogP contribution is -2.12. The average molecular weight is 300 g/mol. The van der Waals surface area contributed by atoms with Crippen molar-refractivity contribution in [1.82, 2.24) is 0 Å². The van der Waals surface area contributed by atoms with Crippen LogP contribution in [0.5, 0.6) is 5.75 Å². The highest BCUT2D eigenvalue weighted by molar-refractivity contribution is 6.37. The smallest absolute Gasteiger partial charge is 0.259 e. The van der Waals surface area contributed by atoms with Crippen LogP contribution in [0.2, 0.25) is 10.0 Å². The third-order valence-corrected chi connectivity index (χ3v) is 3.14. The third kappa shape index (κ3) is 2.85. The topological polar surface area (TPSA) is 62.5 Å². The molecule has 6 heteroatoms. The van der Waals surface area contributed by atoms with Crippen LogP contribution < -0.4 is 5.32 Å². The van der Waals surface area contributed by atoms with Gasteiger partial charge in [0.1, 0.15) is 11.5 Å². The molecule has 0 fully saturated rings. The Morgan fingerprint density at radius 3 is 2.26 bits per heavy atom. The fraction of sp³-hybridized carbons (Fsp3) is 0.154. The van der Waals surface area contributed by atoms with Gasteiger partial charge in [0.2, 0.25) is 0 Å².